The Bertz CT molecular complexity index is 1680. The van der Waals surface area contributed by atoms with Crippen LogP contribution in [0.2, 0.25) is 0 Å². The highest BCUT2D eigenvalue weighted by Gasteiger charge is 2.29. The summed E-state index contributed by atoms with van der Waals surface area (Å²) in [5.74, 6) is 0.618. The summed E-state index contributed by atoms with van der Waals surface area (Å²) in [6, 6.07) is 20.1. The quantitative estimate of drug-likeness (QED) is 0.369. The number of rotatable bonds is 6. The summed E-state index contributed by atoms with van der Waals surface area (Å²) in [5, 5.41) is 4.92. The van der Waals surface area contributed by atoms with E-state index in [0.29, 0.717) is 18.1 Å². The molecule has 186 valence electrons. The van der Waals surface area contributed by atoms with Gasteiger partial charge in [0.25, 0.3) is 0 Å². The Balaban J connectivity index is 1.38. The van der Waals surface area contributed by atoms with Gasteiger partial charge in [0.05, 0.1) is 43.0 Å². The Morgan fingerprint density at radius 1 is 0.973 bits per heavy atom. The van der Waals surface area contributed by atoms with Gasteiger partial charge >= 0.3 is 0 Å². The Morgan fingerprint density at radius 2 is 1.81 bits per heavy atom. The van der Waals surface area contributed by atoms with E-state index in [1.807, 2.05) is 66.3 Å². The van der Waals surface area contributed by atoms with Gasteiger partial charge in [0.1, 0.15) is 11.4 Å². The van der Waals surface area contributed by atoms with E-state index in [2.05, 4.69) is 27.1 Å². The number of hydrogen-bond donors (Lipinski definition) is 1. The number of aryl methyl sites for hydroxylation is 1. The van der Waals surface area contributed by atoms with Gasteiger partial charge in [-0.15, -0.1) is 0 Å². The lowest BCUT2D eigenvalue weighted by molar-refractivity contribution is 0.431. The van der Waals surface area contributed by atoms with Crippen LogP contribution in [0.15, 0.2) is 73.1 Å². The van der Waals surface area contributed by atoms with Gasteiger partial charge in [0.15, 0.2) is 5.82 Å². The maximum Gasteiger partial charge on any atom is 0.211 e. The van der Waals surface area contributed by atoms with Crippen LogP contribution in [0.3, 0.4) is 0 Å². The van der Waals surface area contributed by atoms with Crippen LogP contribution in [-0.4, -0.2) is 48.7 Å². The number of nitrogens with one attached hydrogen (secondary N) is 1. The molecule has 0 fully saturated rings. The van der Waals surface area contributed by atoms with E-state index in [0.717, 1.165) is 45.2 Å². The summed E-state index contributed by atoms with van der Waals surface area (Å²) in [6.07, 6.45) is 5.00. The molecule has 0 unspecified atom stereocenters. The molecule has 9 nitrogen and oxygen atoms in total. The highest BCUT2D eigenvalue weighted by atomic mass is 32.2. The molecular formula is C27H25N7O2S. The molecule has 5 aromatic rings. The highest BCUT2D eigenvalue weighted by molar-refractivity contribution is 7.88. The average molecular weight is 512 g/mol. The molecule has 0 bridgehead atoms. The van der Waals surface area contributed by atoms with Crippen molar-refractivity contribution >= 4 is 10.0 Å². The minimum atomic E-state index is -3.27. The van der Waals surface area contributed by atoms with Crippen LogP contribution in [0.25, 0.3) is 34.0 Å². The molecule has 0 spiro atoms. The smallest absolute Gasteiger partial charge is 0.211 e. The van der Waals surface area contributed by atoms with Gasteiger partial charge < -0.3 is 4.98 Å². The number of sulfonamides is 1. The van der Waals surface area contributed by atoms with E-state index >= 15 is 0 Å². The van der Waals surface area contributed by atoms with E-state index < -0.39 is 10.0 Å². The molecule has 1 aromatic carbocycles. The van der Waals surface area contributed by atoms with Crippen LogP contribution in [0.5, 0.6) is 0 Å². The normalized spacial score (nSPS) is 13.7. The lowest BCUT2D eigenvalue weighted by Crippen LogP contribution is -2.24. The number of imidazole rings is 1. The second-order valence-electron chi connectivity index (χ2n) is 9.21. The third-order valence-corrected chi connectivity index (χ3v) is 7.58. The molecule has 0 aliphatic carbocycles. The van der Waals surface area contributed by atoms with Crippen LogP contribution in [-0.2, 0) is 29.7 Å². The molecular weight excluding hydrogens is 486 g/mol. The zero-order chi connectivity index (χ0) is 25.6. The summed E-state index contributed by atoms with van der Waals surface area (Å²) in [5.41, 5.74) is 7.77. The predicted octanol–water partition coefficient (Wildman–Crippen LogP) is 4.03. The number of benzene rings is 1. The first-order chi connectivity index (χ1) is 17.8. The van der Waals surface area contributed by atoms with Crippen molar-refractivity contribution in [3.63, 3.8) is 0 Å². The number of aromatic amines is 1. The van der Waals surface area contributed by atoms with Crippen molar-refractivity contribution in [3.8, 4) is 34.0 Å². The third-order valence-electron chi connectivity index (χ3n) is 6.39. The molecule has 1 aliphatic heterocycles. The van der Waals surface area contributed by atoms with E-state index in [-0.39, 0.29) is 13.1 Å². The first-order valence-electron chi connectivity index (χ1n) is 11.9. The fourth-order valence-corrected chi connectivity index (χ4v) is 5.26. The summed E-state index contributed by atoms with van der Waals surface area (Å²) in [6.45, 7) is 3.16. The van der Waals surface area contributed by atoms with E-state index in [9.17, 15) is 8.42 Å². The number of nitrogens with zero attached hydrogens (tertiary/aromatic N) is 6. The van der Waals surface area contributed by atoms with Crippen LogP contribution in [0, 0.1) is 6.92 Å². The summed E-state index contributed by atoms with van der Waals surface area (Å²) < 4.78 is 27.1. The van der Waals surface area contributed by atoms with Crippen LogP contribution < -0.4 is 0 Å². The maximum absolute atomic E-state index is 11.9. The molecule has 6 rings (SSSR count). The summed E-state index contributed by atoms with van der Waals surface area (Å²) in [4.78, 5) is 17.2. The first kappa shape index (κ1) is 23.3. The molecule has 0 radical (unpaired) electrons. The van der Waals surface area contributed by atoms with Gasteiger partial charge in [0, 0.05) is 23.7 Å². The van der Waals surface area contributed by atoms with Crippen molar-refractivity contribution in [1.29, 1.82) is 0 Å². The molecule has 0 saturated heterocycles. The number of fused-ring (bicyclic) bond motifs is 1. The minimum absolute atomic E-state index is 0.264. The van der Waals surface area contributed by atoms with Crippen LogP contribution in [0.1, 0.15) is 22.6 Å². The fourth-order valence-electron chi connectivity index (χ4n) is 4.54. The number of H-pyrrole nitrogens is 1. The third kappa shape index (κ3) is 4.68. The number of pyridine rings is 2. The lowest BCUT2D eigenvalue weighted by Gasteiger charge is -2.11. The minimum Gasteiger partial charge on any atom is -0.339 e. The predicted molar refractivity (Wildman–Crippen MR) is 141 cm³/mol. The topological polar surface area (TPSA) is 110 Å². The zero-order valence-electron chi connectivity index (χ0n) is 20.5. The Kier molecular flexibility index (Phi) is 5.69. The molecule has 0 amide bonds. The second kappa shape index (κ2) is 9.06. The van der Waals surface area contributed by atoms with Gasteiger partial charge in [-0.25, -0.2) is 13.4 Å². The molecule has 0 atom stereocenters. The highest BCUT2D eigenvalue weighted by Crippen LogP contribution is 2.33. The molecule has 4 aromatic heterocycles. The van der Waals surface area contributed by atoms with Crippen molar-refractivity contribution in [2.75, 3.05) is 6.26 Å². The van der Waals surface area contributed by atoms with Crippen molar-refractivity contribution in [2.24, 2.45) is 0 Å². The van der Waals surface area contributed by atoms with E-state index in [4.69, 9.17) is 10.1 Å². The van der Waals surface area contributed by atoms with Crippen LogP contribution >= 0.6 is 0 Å². The molecule has 1 N–H and O–H groups in total. The van der Waals surface area contributed by atoms with Gasteiger partial charge in [-0.3, -0.25) is 14.6 Å². The summed E-state index contributed by atoms with van der Waals surface area (Å²) >= 11 is 0. The fraction of sp³-hybridized carbons (Fsp3) is 0.185. The number of aromatic nitrogens is 6. The monoisotopic (exact) mass is 511 g/mol. The average Bonchev–Trinajstić information content (AvgIpc) is 3.58. The standard InChI is InChI=1S/C27H25N7O2S/c1-18-7-6-10-22(29-18)26-21(15-33(32-26)14-19-8-4-3-5-9-19)20-11-12-28-23(13-20)27-30-24-16-34(37(2,35)36)17-25(24)31-27/h3-13,15H,14,16-17H2,1-2H3,(H,30,31). The Labute approximate surface area is 214 Å². The van der Waals surface area contributed by atoms with Gasteiger partial charge in [-0.2, -0.15) is 9.40 Å². The number of hydrogen-bond acceptors (Lipinski definition) is 6. The Hall–Kier alpha value is -4.15. The lowest BCUT2D eigenvalue weighted by atomic mass is 10.0. The molecule has 0 saturated carbocycles. The molecule has 37 heavy (non-hydrogen) atoms. The van der Waals surface area contributed by atoms with Crippen molar-refractivity contribution < 1.29 is 8.42 Å². The van der Waals surface area contributed by atoms with E-state index in [1.54, 1.807) is 6.20 Å². The van der Waals surface area contributed by atoms with Gasteiger partial charge in [-0.05, 0) is 42.3 Å². The zero-order valence-corrected chi connectivity index (χ0v) is 21.3. The van der Waals surface area contributed by atoms with Crippen molar-refractivity contribution in [1.82, 2.24) is 34.0 Å². The molecule has 5 heterocycles. The molecule has 10 heteroatoms. The Morgan fingerprint density at radius 3 is 2.57 bits per heavy atom. The SMILES string of the molecule is Cc1cccc(-c2nn(Cc3ccccc3)cc2-c2ccnc(-c3nc4c([nH]3)CN(S(C)(=O)=O)C4)c2)n1. The van der Waals surface area contributed by atoms with Gasteiger partial charge in [-0.1, -0.05) is 36.4 Å². The summed E-state index contributed by atoms with van der Waals surface area (Å²) in [7, 11) is -3.27. The first-order valence-corrected chi connectivity index (χ1v) is 13.7. The van der Waals surface area contributed by atoms with Crippen molar-refractivity contribution in [2.45, 2.75) is 26.6 Å². The molecule has 1 aliphatic rings. The van der Waals surface area contributed by atoms with Gasteiger partial charge in [0.2, 0.25) is 10.0 Å². The van der Waals surface area contributed by atoms with E-state index in [1.165, 1.54) is 10.6 Å². The van der Waals surface area contributed by atoms with Crippen molar-refractivity contribution in [3.05, 3.63) is 95.7 Å². The largest absolute Gasteiger partial charge is 0.339 e. The van der Waals surface area contributed by atoms with Crippen LogP contribution in [0.4, 0.5) is 0 Å². The second-order valence-corrected chi connectivity index (χ2v) is 11.2. The maximum atomic E-state index is 11.9.